The largest absolute Gasteiger partial charge is 0.326 e. The lowest BCUT2D eigenvalue weighted by molar-refractivity contribution is -0.384. The summed E-state index contributed by atoms with van der Waals surface area (Å²) in [5, 5.41) is 11.4. The first-order valence-electron chi connectivity index (χ1n) is 7.49. The van der Waals surface area contributed by atoms with Crippen LogP contribution in [0.4, 0.5) is 5.69 Å². The lowest BCUT2D eigenvalue weighted by Crippen LogP contribution is -2.42. The highest BCUT2D eigenvalue weighted by molar-refractivity contribution is 7.99. The zero-order valence-corrected chi connectivity index (χ0v) is 14.3. The molecule has 2 rings (SSSR count). The van der Waals surface area contributed by atoms with Gasteiger partial charge in [-0.3, -0.25) is 30.6 Å². The predicted octanol–water partition coefficient (Wildman–Crippen LogP) is 1.75. The highest BCUT2D eigenvalue weighted by Gasteiger charge is 2.13. The quantitative estimate of drug-likeness (QED) is 0.439. The van der Waals surface area contributed by atoms with Crippen LogP contribution in [-0.2, 0) is 11.3 Å². The summed E-state index contributed by atoms with van der Waals surface area (Å²) in [6, 6.07) is 5.24. The zero-order chi connectivity index (χ0) is 18.2. The lowest BCUT2D eigenvalue weighted by atomic mass is 10.2. The van der Waals surface area contributed by atoms with Crippen LogP contribution in [0.15, 0.2) is 41.8 Å². The smallest absolute Gasteiger partial charge is 0.270 e. The summed E-state index contributed by atoms with van der Waals surface area (Å²) in [7, 11) is 0. The van der Waals surface area contributed by atoms with Crippen LogP contribution in [0.2, 0.25) is 0 Å². The van der Waals surface area contributed by atoms with Gasteiger partial charge in [-0.25, -0.2) is 4.98 Å². The Morgan fingerprint density at radius 2 is 2.16 bits per heavy atom. The van der Waals surface area contributed by atoms with Gasteiger partial charge in [0.1, 0.15) is 0 Å². The Morgan fingerprint density at radius 1 is 1.36 bits per heavy atom. The fourth-order valence-electron chi connectivity index (χ4n) is 1.97. The maximum absolute atomic E-state index is 11.9. The summed E-state index contributed by atoms with van der Waals surface area (Å²) in [5.41, 5.74) is 4.40. The number of thioether (sulfide) groups is 1. The molecule has 10 heteroatoms. The number of hydrogen-bond donors (Lipinski definition) is 2. The monoisotopic (exact) mass is 363 g/mol. The van der Waals surface area contributed by atoms with Gasteiger partial charge in [0.2, 0.25) is 5.91 Å². The molecule has 0 aliphatic rings. The molecular formula is C15H17N5O4S. The van der Waals surface area contributed by atoms with Gasteiger partial charge in [0, 0.05) is 36.6 Å². The van der Waals surface area contributed by atoms with E-state index in [0.29, 0.717) is 0 Å². The number of benzene rings is 1. The van der Waals surface area contributed by atoms with Crippen molar-refractivity contribution in [3.8, 4) is 0 Å². The summed E-state index contributed by atoms with van der Waals surface area (Å²) < 4.78 is 1.94. The number of nitrogens with one attached hydrogen (secondary N) is 2. The van der Waals surface area contributed by atoms with Gasteiger partial charge in [0.05, 0.1) is 10.7 Å². The number of aromatic nitrogens is 2. The molecule has 1 aromatic heterocycles. The van der Waals surface area contributed by atoms with Crippen molar-refractivity contribution >= 4 is 29.3 Å². The number of carbonyl (C=O) groups excluding carboxylic acids is 2. The zero-order valence-electron chi connectivity index (χ0n) is 13.5. The van der Waals surface area contributed by atoms with Crippen molar-refractivity contribution in [2.75, 3.05) is 5.75 Å². The van der Waals surface area contributed by atoms with Crippen LogP contribution in [0.1, 0.15) is 23.7 Å². The van der Waals surface area contributed by atoms with Gasteiger partial charge >= 0.3 is 0 Å². The Hall–Kier alpha value is -2.88. The van der Waals surface area contributed by atoms with E-state index in [-0.39, 0.29) is 17.0 Å². The van der Waals surface area contributed by atoms with E-state index >= 15 is 0 Å². The number of nitrogens with zero attached hydrogens (tertiary/aromatic N) is 3. The first-order valence-corrected chi connectivity index (χ1v) is 8.47. The molecule has 0 spiro atoms. The van der Waals surface area contributed by atoms with E-state index in [1.54, 1.807) is 6.20 Å². The van der Waals surface area contributed by atoms with Gasteiger partial charge in [-0.15, -0.1) is 0 Å². The van der Waals surface area contributed by atoms with E-state index in [0.717, 1.165) is 24.2 Å². The summed E-state index contributed by atoms with van der Waals surface area (Å²) in [6.07, 6.45) is 4.46. The second-order valence-electron chi connectivity index (χ2n) is 5.00. The van der Waals surface area contributed by atoms with E-state index in [1.807, 2.05) is 17.7 Å². The first kappa shape index (κ1) is 18.5. The fourth-order valence-corrected chi connectivity index (χ4v) is 2.76. The summed E-state index contributed by atoms with van der Waals surface area (Å²) in [5.74, 6) is -0.958. The van der Waals surface area contributed by atoms with Crippen LogP contribution in [0, 0.1) is 10.1 Å². The minimum Gasteiger partial charge on any atom is -0.326 e. The highest BCUT2D eigenvalue weighted by Crippen LogP contribution is 2.15. The van der Waals surface area contributed by atoms with E-state index in [2.05, 4.69) is 15.8 Å². The van der Waals surface area contributed by atoms with Crippen molar-refractivity contribution in [1.82, 2.24) is 20.4 Å². The van der Waals surface area contributed by atoms with E-state index in [9.17, 15) is 19.7 Å². The van der Waals surface area contributed by atoms with Crippen molar-refractivity contribution in [3.05, 3.63) is 52.3 Å². The highest BCUT2D eigenvalue weighted by atomic mass is 32.2. The van der Waals surface area contributed by atoms with Crippen molar-refractivity contribution in [2.24, 2.45) is 0 Å². The molecule has 1 heterocycles. The Balaban J connectivity index is 1.83. The molecule has 0 bridgehead atoms. The third-order valence-corrected chi connectivity index (χ3v) is 4.11. The predicted molar refractivity (Wildman–Crippen MR) is 91.9 cm³/mol. The number of aryl methyl sites for hydroxylation is 1. The van der Waals surface area contributed by atoms with E-state index < -0.39 is 16.7 Å². The third kappa shape index (κ3) is 5.31. The standard InChI is InChI=1S/C15H17N5O4S/c1-2-7-19-8-6-16-15(19)25-10-13(21)17-18-14(22)11-4-3-5-12(9-11)20(23)24/h3-6,8-9H,2,7,10H2,1H3,(H,17,21)(H,18,22). The molecule has 0 saturated heterocycles. The Labute approximate surface area is 147 Å². The SMILES string of the molecule is CCCn1ccnc1SCC(=O)NNC(=O)c1cccc([N+](=O)[O-])c1. The van der Waals surface area contributed by atoms with E-state index in [4.69, 9.17) is 0 Å². The molecule has 0 aliphatic carbocycles. The molecule has 2 amide bonds. The van der Waals surface area contributed by atoms with Crippen LogP contribution in [0.5, 0.6) is 0 Å². The number of nitro groups is 1. The molecule has 0 atom stereocenters. The molecule has 132 valence electrons. The number of amides is 2. The van der Waals surface area contributed by atoms with Crippen molar-refractivity contribution in [1.29, 1.82) is 0 Å². The molecule has 0 radical (unpaired) electrons. The van der Waals surface area contributed by atoms with E-state index in [1.165, 1.54) is 30.0 Å². The average Bonchev–Trinajstić information content (AvgIpc) is 3.05. The molecule has 1 aromatic carbocycles. The van der Waals surface area contributed by atoms with Gasteiger partial charge in [-0.05, 0) is 12.5 Å². The second kappa shape index (κ2) is 8.83. The molecule has 2 aromatic rings. The normalized spacial score (nSPS) is 10.3. The molecule has 0 fully saturated rings. The molecule has 0 aliphatic heterocycles. The number of hydrogen-bond acceptors (Lipinski definition) is 6. The van der Waals surface area contributed by atoms with Gasteiger partial charge < -0.3 is 4.57 Å². The van der Waals surface area contributed by atoms with Gasteiger partial charge in [0.15, 0.2) is 5.16 Å². The van der Waals surface area contributed by atoms with Crippen molar-refractivity contribution in [2.45, 2.75) is 25.0 Å². The number of carbonyl (C=O) groups is 2. The van der Waals surface area contributed by atoms with Crippen LogP contribution in [0.3, 0.4) is 0 Å². The van der Waals surface area contributed by atoms with Gasteiger partial charge in [0.25, 0.3) is 11.6 Å². The molecule has 0 saturated carbocycles. The second-order valence-corrected chi connectivity index (χ2v) is 5.94. The molecule has 9 nitrogen and oxygen atoms in total. The molecule has 0 unspecified atom stereocenters. The van der Waals surface area contributed by atoms with Crippen molar-refractivity contribution in [3.63, 3.8) is 0 Å². The van der Waals surface area contributed by atoms with Crippen LogP contribution in [0.25, 0.3) is 0 Å². The first-order chi connectivity index (χ1) is 12.0. The summed E-state index contributed by atoms with van der Waals surface area (Å²) in [4.78, 5) is 38.0. The molecule has 2 N–H and O–H groups in total. The Morgan fingerprint density at radius 3 is 2.88 bits per heavy atom. The van der Waals surface area contributed by atoms with Crippen molar-refractivity contribution < 1.29 is 14.5 Å². The summed E-state index contributed by atoms with van der Waals surface area (Å²) in [6.45, 7) is 2.86. The topological polar surface area (TPSA) is 119 Å². The Bertz CT molecular complexity index is 777. The lowest BCUT2D eigenvalue weighted by Gasteiger charge is -2.08. The van der Waals surface area contributed by atoms with Gasteiger partial charge in [-0.1, -0.05) is 24.8 Å². The number of nitro benzene ring substituents is 1. The number of non-ortho nitro benzene ring substituents is 1. The Kier molecular flexibility index (Phi) is 6.52. The number of rotatable bonds is 7. The van der Waals surface area contributed by atoms with Crippen LogP contribution in [-0.4, -0.2) is 32.0 Å². The summed E-state index contributed by atoms with van der Waals surface area (Å²) >= 11 is 1.25. The maximum Gasteiger partial charge on any atom is 0.270 e. The molecular weight excluding hydrogens is 346 g/mol. The average molecular weight is 363 g/mol. The van der Waals surface area contributed by atoms with Gasteiger partial charge in [-0.2, -0.15) is 0 Å². The maximum atomic E-state index is 11.9. The fraction of sp³-hybridized carbons (Fsp3) is 0.267. The molecule has 25 heavy (non-hydrogen) atoms. The number of imidazole rings is 1. The minimum atomic E-state index is -0.630. The third-order valence-electron chi connectivity index (χ3n) is 3.11. The number of hydrazine groups is 1. The van der Waals surface area contributed by atoms with Crippen LogP contribution >= 0.6 is 11.8 Å². The minimum absolute atomic E-state index is 0.0793. The van der Waals surface area contributed by atoms with Crippen LogP contribution < -0.4 is 10.9 Å².